The van der Waals surface area contributed by atoms with Crippen molar-refractivity contribution in [3.8, 4) is 0 Å². The van der Waals surface area contributed by atoms with Gasteiger partial charge < -0.3 is 10.2 Å². The van der Waals surface area contributed by atoms with Gasteiger partial charge in [0.05, 0.1) is 15.6 Å². The van der Waals surface area contributed by atoms with Crippen LogP contribution in [-0.2, 0) is 32.6 Å². The highest BCUT2D eigenvalue weighted by molar-refractivity contribution is 7.92. The maximum atomic E-state index is 14.5. The van der Waals surface area contributed by atoms with E-state index in [2.05, 4.69) is 5.32 Å². The Morgan fingerprint density at radius 3 is 2.07 bits per heavy atom. The lowest BCUT2D eigenvalue weighted by Gasteiger charge is -2.34. The maximum Gasteiger partial charge on any atom is 0.264 e. The Morgan fingerprint density at radius 2 is 1.42 bits per heavy atom. The van der Waals surface area contributed by atoms with E-state index in [9.17, 15) is 22.4 Å². The minimum atomic E-state index is -4.26. The summed E-state index contributed by atoms with van der Waals surface area (Å²) in [6.45, 7) is -0.666. The summed E-state index contributed by atoms with van der Waals surface area (Å²) in [5.41, 5.74) is 1.56. The van der Waals surface area contributed by atoms with Gasteiger partial charge in [-0.2, -0.15) is 0 Å². The normalized spacial score (nSPS) is 14.1. The number of nitrogens with zero attached hydrogens (tertiary/aromatic N) is 2. The predicted molar refractivity (Wildman–Crippen MR) is 174 cm³/mol. The van der Waals surface area contributed by atoms with Crippen molar-refractivity contribution in [2.75, 3.05) is 10.8 Å². The fraction of sp³-hybridized carbons (Fsp3) is 0.257. The van der Waals surface area contributed by atoms with Crippen LogP contribution in [0.25, 0.3) is 0 Å². The molecule has 2 amide bonds. The van der Waals surface area contributed by atoms with E-state index in [-0.39, 0.29) is 40.5 Å². The van der Waals surface area contributed by atoms with Crippen LogP contribution in [0.4, 0.5) is 10.1 Å². The lowest BCUT2D eigenvalue weighted by Crippen LogP contribution is -2.54. The average Bonchev–Trinajstić information content (AvgIpc) is 3.56. The van der Waals surface area contributed by atoms with Gasteiger partial charge >= 0.3 is 0 Å². The largest absolute Gasteiger partial charge is 0.352 e. The molecule has 10 heteroatoms. The summed E-state index contributed by atoms with van der Waals surface area (Å²) < 4.78 is 42.9. The summed E-state index contributed by atoms with van der Waals surface area (Å²) >= 11 is 6.50. The Bertz CT molecular complexity index is 1700. The summed E-state index contributed by atoms with van der Waals surface area (Å²) in [5.74, 6) is -1.37. The molecule has 45 heavy (non-hydrogen) atoms. The summed E-state index contributed by atoms with van der Waals surface area (Å²) in [6, 6.07) is 28.3. The molecular formula is C35H35ClFN3O4S. The van der Waals surface area contributed by atoms with Crippen LogP contribution in [0, 0.1) is 5.82 Å². The number of halogens is 2. The lowest BCUT2D eigenvalue weighted by molar-refractivity contribution is -0.140. The molecule has 1 aliphatic carbocycles. The number of carbonyl (C=O) groups excluding carboxylic acids is 2. The minimum Gasteiger partial charge on any atom is -0.352 e. The van der Waals surface area contributed by atoms with E-state index in [1.807, 2.05) is 30.3 Å². The number of hydrogen-bond donors (Lipinski definition) is 1. The second-order valence-corrected chi connectivity index (χ2v) is 13.4. The molecule has 0 saturated heterocycles. The van der Waals surface area contributed by atoms with Gasteiger partial charge in [0, 0.05) is 19.0 Å². The molecule has 1 N–H and O–H groups in total. The molecule has 0 aliphatic heterocycles. The van der Waals surface area contributed by atoms with E-state index in [4.69, 9.17) is 11.6 Å². The number of rotatable bonds is 12. The molecule has 7 nitrogen and oxygen atoms in total. The zero-order valence-electron chi connectivity index (χ0n) is 24.7. The van der Waals surface area contributed by atoms with Gasteiger partial charge in [0.15, 0.2) is 0 Å². The number of amides is 2. The first-order valence-electron chi connectivity index (χ1n) is 14.9. The standard InChI is InChI=1S/C35H35ClFN3O4S/c36-31-17-9-10-18-32(31)40(45(43,44)30-15-5-2-6-16-30)25-34(41)39(24-27-19-21-28(37)22-20-27)33(23-26-11-3-1-4-12-26)35(42)38-29-13-7-8-14-29/h1-6,9-12,15-22,29,33H,7-8,13-14,23-25H2,(H,38,42)/t33-/m0/s1. The first-order chi connectivity index (χ1) is 21.7. The molecule has 1 aliphatic rings. The van der Waals surface area contributed by atoms with Gasteiger partial charge in [0.2, 0.25) is 11.8 Å². The Balaban J connectivity index is 1.56. The zero-order chi connectivity index (χ0) is 31.8. The molecule has 1 fully saturated rings. The van der Waals surface area contributed by atoms with E-state index in [1.54, 1.807) is 48.5 Å². The van der Waals surface area contributed by atoms with Crippen molar-refractivity contribution in [1.29, 1.82) is 0 Å². The monoisotopic (exact) mass is 647 g/mol. The van der Waals surface area contributed by atoms with Crippen molar-refractivity contribution in [3.63, 3.8) is 0 Å². The molecule has 0 heterocycles. The SMILES string of the molecule is O=C(NC1CCCC1)[C@H](Cc1ccccc1)N(Cc1ccc(F)cc1)C(=O)CN(c1ccccc1Cl)S(=O)(=O)c1ccccc1. The number of para-hydroxylation sites is 1. The molecule has 1 saturated carbocycles. The van der Waals surface area contributed by atoms with Crippen LogP contribution < -0.4 is 9.62 Å². The first-order valence-corrected chi connectivity index (χ1v) is 16.7. The smallest absolute Gasteiger partial charge is 0.264 e. The van der Waals surface area contributed by atoms with Crippen molar-refractivity contribution in [1.82, 2.24) is 10.2 Å². The van der Waals surface area contributed by atoms with E-state index in [0.29, 0.717) is 5.56 Å². The fourth-order valence-electron chi connectivity index (χ4n) is 5.60. The number of carbonyl (C=O) groups is 2. The molecule has 0 unspecified atom stereocenters. The zero-order valence-corrected chi connectivity index (χ0v) is 26.3. The Labute approximate surface area is 268 Å². The van der Waals surface area contributed by atoms with Crippen molar-refractivity contribution in [3.05, 3.63) is 131 Å². The quantitative estimate of drug-likeness (QED) is 0.194. The third-order valence-electron chi connectivity index (χ3n) is 7.97. The van der Waals surface area contributed by atoms with Gasteiger partial charge in [-0.25, -0.2) is 12.8 Å². The Kier molecular flexibility index (Phi) is 10.5. The molecule has 0 spiro atoms. The number of nitrogens with one attached hydrogen (secondary N) is 1. The van der Waals surface area contributed by atoms with Gasteiger partial charge in [-0.05, 0) is 60.4 Å². The van der Waals surface area contributed by atoms with Crippen LogP contribution in [0.3, 0.4) is 0 Å². The van der Waals surface area contributed by atoms with Crippen LogP contribution >= 0.6 is 11.6 Å². The van der Waals surface area contributed by atoms with E-state index in [0.717, 1.165) is 35.6 Å². The van der Waals surface area contributed by atoms with Crippen LogP contribution in [0.5, 0.6) is 0 Å². The summed E-state index contributed by atoms with van der Waals surface area (Å²) in [5, 5.41) is 3.28. The second kappa shape index (κ2) is 14.7. The van der Waals surface area contributed by atoms with E-state index >= 15 is 0 Å². The Morgan fingerprint density at radius 1 is 0.822 bits per heavy atom. The molecule has 5 rings (SSSR count). The molecule has 0 radical (unpaired) electrons. The lowest BCUT2D eigenvalue weighted by atomic mass is 10.0. The number of benzene rings is 4. The summed E-state index contributed by atoms with van der Waals surface area (Å²) in [7, 11) is -4.26. The Hall–Kier alpha value is -4.21. The molecule has 234 valence electrons. The van der Waals surface area contributed by atoms with Gasteiger partial charge in [-0.3, -0.25) is 13.9 Å². The molecule has 0 aromatic heterocycles. The third kappa shape index (κ3) is 8.09. The highest BCUT2D eigenvalue weighted by atomic mass is 35.5. The molecule has 4 aromatic rings. The van der Waals surface area contributed by atoms with Crippen molar-refractivity contribution in [2.45, 2.75) is 55.6 Å². The fourth-order valence-corrected chi connectivity index (χ4v) is 7.34. The maximum absolute atomic E-state index is 14.5. The number of sulfonamides is 1. The topological polar surface area (TPSA) is 86.8 Å². The predicted octanol–water partition coefficient (Wildman–Crippen LogP) is 6.37. The first kappa shape index (κ1) is 32.2. The summed E-state index contributed by atoms with van der Waals surface area (Å²) in [6.07, 6.45) is 3.92. The number of hydrogen-bond acceptors (Lipinski definition) is 4. The van der Waals surface area contributed by atoms with Crippen LogP contribution in [-0.4, -0.2) is 43.8 Å². The minimum absolute atomic E-state index is 0.00312. The molecular weight excluding hydrogens is 613 g/mol. The van der Waals surface area contributed by atoms with Crippen molar-refractivity contribution >= 4 is 39.1 Å². The highest BCUT2D eigenvalue weighted by Gasteiger charge is 2.36. The van der Waals surface area contributed by atoms with Crippen LogP contribution in [0.15, 0.2) is 114 Å². The van der Waals surface area contributed by atoms with Gasteiger partial charge in [-0.15, -0.1) is 0 Å². The second-order valence-electron chi connectivity index (χ2n) is 11.1. The molecule has 4 aromatic carbocycles. The number of anilines is 1. The summed E-state index contributed by atoms with van der Waals surface area (Å²) in [4.78, 5) is 29.9. The van der Waals surface area contributed by atoms with Crippen LogP contribution in [0.1, 0.15) is 36.8 Å². The van der Waals surface area contributed by atoms with E-state index < -0.39 is 34.3 Å². The highest BCUT2D eigenvalue weighted by Crippen LogP contribution is 2.31. The van der Waals surface area contributed by atoms with Crippen molar-refractivity contribution in [2.24, 2.45) is 0 Å². The van der Waals surface area contributed by atoms with Gasteiger partial charge in [-0.1, -0.05) is 97.2 Å². The van der Waals surface area contributed by atoms with E-state index in [1.165, 1.54) is 35.2 Å². The molecule has 1 atom stereocenters. The average molecular weight is 648 g/mol. The third-order valence-corrected chi connectivity index (χ3v) is 10.1. The van der Waals surface area contributed by atoms with Crippen LogP contribution in [0.2, 0.25) is 5.02 Å². The van der Waals surface area contributed by atoms with Crippen molar-refractivity contribution < 1.29 is 22.4 Å². The van der Waals surface area contributed by atoms with Gasteiger partial charge in [0.1, 0.15) is 18.4 Å². The van der Waals surface area contributed by atoms with Gasteiger partial charge in [0.25, 0.3) is 10.0 Å². The molecule has 0 bridgehead atoms.